The Hall–Kier alpha value is -2.86. The van der Waals surface area contributed by atoms with E-state index in [2.05, 4.69) is 12.2 Å². The molecule has 0 fully saturated rings. The summed E-state index contributed by atoms with van der Waals surface area (Å²) in [7, 11) is 3.17. The van der Waals surface area contributed by atoms with E-state index in [-0.39, 0.29) is 6.03 Å². The lowest BCUT2D eigenvalue weighted by Gasteiger charge is -2.19. The predicted octanol–water partition coefficient (Wildman–Crippen LogP) is 5.11. The molecule has 0 aliphatic carbocycles. The number of carbonyl (C=O) groups excluding carboxylic acids is 1. The summed E-state index contributed by atoms with van der Waals surface area (Å²) in [5, 5.41) is 12.1. The van der Waals surface area contributed by atoms with Gasteiger partial charge in [0.05, 0.1) is 0 Å². The molecular weight excluding hydrogens is 392 g/mol. The first kappa shape index (κ1) is 24.4. The molecule has 2 N–H and O–H groups in total. The molecule has 2 amide bonds. The number of amides is 2. The molecule has 6 heteroatoms. The summed E-state index contributed by atoms with van der Waals surface area (Å²) >= 11 is 0. The number of hydrogen-bond donors (Lipinski definition) is 2. The van der Waals surface area contributed by atoms with Gasteiger partial charge in [0.2, 0.25) is 0 Å². The van der Waals surface area contributed by atoms with Crippen molar-refractivity contribution in [2.24, 2.45) is 0 Å². The lowest BCUT2D eigenvalue weighted by atomic mass is 10.0. The summed E-state index contributed by atoms with van der Waals surface area (Å²) in [6.07, 6.45) is 5.27. The summed E-state index contributed by atoms with van der Waals surface area (Å²) < 4.78 is 5.00. The number of unbranched alkanes of at least 4 members (excludes halogenated alkanes) is 4. The highest BCUT2D eigenvalue weighted by atomic mass is 16.5. The summed E-state index contributed by atoms with van der Waals surface area (Å²) in [5.41, 5.74) is 3.70. The Morgan fingerprint density at radius 3 is 2.39 bits per heavy atom. The van der Waals surface area contributed by atoms with Crippen LogP contribution in [0.25, 0.3) is 11.1 Å². The summed E-state index contributed by atoms with van der Waals surface area (Å²) in [6.45, 7) is 2.88. The highest BCUT2D eigenvalue weighted by Crippen LogP contribution is 2.25. The average Bonchev–Trinajstić information content (AvgIpc) is 2.79. The fourth-order valence-corrected chi connectivity index (χ4v) is 3.37. The van der Waals surface area contributed by atoms with E-state index in [4.69, 9.17) is 9.84 Å². The van der Waals surface area contributed by atoms with Gasteiger partial charge < -0.3 is 15.2 Å². The number of aliphatic carboxylic acids is 1. The van der Waals surface area contributed by atoms with E-state index in [9.17, 15) is 9.59 Å². The standard InChI is InChI=1S/C25H34N2O4/c1-4-5-6-7-8-16-26-25(30)27(2)22-11-9-10-21(18-22)20-14-12-19(13-15-20)17-23(31-3)24(28)29/h9-15,18,23H,4-8,16-17H2,1-3H3,(H,26,30)(H,28,29)/t23-/m0/s1. The van der Waals surface area contributed by atoms with E-state index in [1.807, 2.05) is 48.5 Å². The molecule has 0 aliphatic rings. The first-order valence-corrected chi connectivity index (χ1v) is 10.9. The summed E-state index contributed by atoms with van der Waals surface area (Å²) in [4.78, 5) is 25.2. The fourth-order valence-electron chi connectivity index (χ4n) is 3.37. The van der Waals surface area contributed by atoms with Gasteiger partial charge in [0.1, 0.15) is 0 Å². The van der Waals surface area contributed by atoms with Gasteiger partial charge in [0.15, 0.2) is 6.10 Å². The van der Waals surface area contributed by atoms with E-state index < -0.39 is 12.1 Å². The zero-order valence-corrected chi connectivity index (χ0v) is 18.8. The van der Waals surface area contributed by atoms with Gasteiger partial charge in [-0.1, -0.05) is 69.0 Å². The second kappa shape index (κ2) is 12.7. The highest BCUT2D eigenvalue weighted by molar-refractivity contribution is 5.92. The van der Waals surface area contributed by atoms with Gasteiger partial charge in [-0.05, 0) is 35.2 Å². The molecule has 168 valence electrons. The first-order valence-electron chi connectivity index (χ1n) is 10.9. The topological polar surface area (TPSA) is 78.9 Å². The van der Waals surface area contributed by atoms with Crippen molar-refractivity contribution in [1.29, 1.82) is 0 Å². The molecule has 2 rings (SSSR count). The van der Waals surface area contributed by atoms with Crippen LogP contribution in [0.4, 0.5) is 10.5 Å². The third kappa shape index (κ3) is 7.72. The van der Waals surface area contributed by atoms with E-state index in [1.165, 1.54) is 26.4 Å². The molecule has 0 spiro atoms. The van der Waals surface area contributed by atoms with Crippen LogP contribution in [0.1, 0.15) is 44.6 Å². The van der Waals surface area contributed by atoms with Gasteiger partial charge in [0.25, 0.3) is 0 Å². The van der Waals surface area contributed by atoms with Gasteiger partial charge in [-0.3, -0.25) is 4.90 Å². The number of methoxy groups -OCH3 is 1. The van der Waals surface area contributed by atoms with Crippen molar-refractivity contribution in [2.45, 2.75) is 51.6 Å². The number of urea groups is 1. The maximum absolute atomic E-state index is 12.5. The van der Waals surface area contributed by atoms with Crippen molar-refractivity contribution in [3.8, 4) is 11.1 Å². The van der Waals surface area contributed by atoms with E-state index in [1.54, 1.807) is 11.9 Å². The number of carboxylic acids is 1. The minimum Gasteiger partial charge on any atom is -0.479 e. The Morgan fingerprint density at radius 1 is 1.03 bits per heavy atom. The van der Waals surface area contributed by atoms with Crippen molar-refractivity contribution in [1.82, 2.24) is 5.32 Å². The van der Waals surface area contributed by atoms with Crippen LogP contribution in [0.2, 0.25) is 0 Å². The van der Waals surface area contributed by atoms with Crippen LogP contribution >= 0.6 is 0 Å². The van der Waals surface area contributed by atoms with E-state index >= 15 is 0 Å². The lowest BCUT2D eigenvalue weighted by molar-refractivity contribution is -0.148. The van der Waals surface area contributed by atoms with Crippen LogP contribution in [-0.4, -0.2) is 43.9 Å². The van der Waals surface area contributed by atoms with Crippen LogP contribution < -0.4 is 10.2 Å². The Morgan fingerprint density at radius 2 is 1.74 bits per heavy atom. The minimum atomic E-state index is -0.971. The molecule has 0 bridgehead atoms. The molecule has 0 unspecified atom stereocenters. The van der Waals surface area contributed by atoms with E-state index in [0.29, 0.717) is 13.0 Å². The van der Waals surface area contributed by atoms with Crippen molar-refractivity contribution in [3.63, 3.8) is 0 Å². The third-order valence-electron chi connectivity index (χ3n) is 5.36. The van der Waals surface area contributed by atoms with Crippen LogP contribution in [0.15, 0.2) is 48.5 Å². The van der Waals surface area contributed by atoms with Crippen molar-refractivity contribution in [3.05, 3.63) is 54.1 Å². The number of rotatable bonds is 12. The van der Waals surface area contributed by atoms with Crippen LogP contribution in [0.3, 0.4) is 0 Å². The van der Waals surface area contributed by atoms with Crippen LogP contribution in [0, 0.1) is 0 Å². The molecule has 0 aromatic heterocycles. The van der Waals surface area contributed by atoms with Gasteiger partial charge in [-0.2, -0.15) is 0 Å². The Kier molecular flexibility index (Phi) is 10.0. The largest absolute Gasteiger partial charge is 0.479 e. The molecule has 0 radical (unpaired) electrons. The van der Waals surface area contributed by atoms with Gasteiger partial charge in [0, 0.05) is 32.8 Å². The van der Waals surface area contributed by atoms with Crippen LogP contribution in [0.5, 0.6) is 0 Å². The average molecular weight is 427 g/mol. The Bertz CT molecular complexity index is 836. The maximum Gasteiger partial charge on any atom is 0.333 e. The number of nitrogens with one attached hydrogen (secondary N) is 1. The smallest absolute Gasteiger partial charge is 0.333 e. The van der Waals surface area contributed by atoms with E-state index in [0.717, 1.165) is 35.2 Å². The SMILES string of the molecule is CCCCCCCNC(=O)N(C)c1cccc(-c2ccc(C[C@H](OC)C(=O)O)cc2)c1. The second-order valence-electron chi connectivity index (χ2n) is 7.72. The van der Waals surface area contributed by atoms with Crippen molar-refractivity contribution in [2.75, 3.05) is 25.6 Å². The summed E-state index contributed by atoms with van der Waals surface area (Å²) in [5.74, 6) is -0.971. The predicted molar refractivity (Wildman–Crippen MR) is 125 cm³/mol. The molecule has 0 aliphatic heterocycles. The van der Waals surface area contributed by atoms with Crippen LogP contribution in [-0.2, 0) is 16.0 Å². The maximum atomic E-state index is 12.5. The molecule has 0 saturated heterocycles. The monoisotopic (exact) mass is 426 g/mol. The molecule has 0 heterocycles. The lowest BCUT2D eigenvalue weighted by Crippen LogP contribution is -2.37. The Labute approximate surface area is 185 Å². The number of hydrogen-bond acceptors (Lipinski definition) is 3. The number of carboxylic acid groups (broad SMARTS) is 1. The molecule has 2 aromatic rings. The highest BCUT2D eigenvalue weighted by Gasteiger charge is 2.17. The minimum absolute atomic E-state index is 0.109. The number of benzene rings is 2. The van der Waals surface area contributed by atoms with Gasteiger partial charge >= 0.3 is 12.0 Å². The molecular formula is C25H34N2O4. The molecule has 2 aromatic carbocycles. The number of nitrogens with zero attached hydrogens (tertiary/aromatic N) is 1. The number of anilines is 1. The van der Waals surface area contributed by atoms with Crippen molar-refractivity contribution >= 4 is 17.7 Å². The zero-order valence-electron chi connectivity index (χ0n) is 18.8. The molecule has 1 atom stereocenters. The number of carbonyl (C=O) groups is 2. The Balaban J connectivity index is 1.97. The fraction of sp³-hybridized carbons (Fsp3) is 0.440. The summed E-state index contributed by atoms with van der Waals surface area (Å²) in [6, 6.07) is 15.4. The molecule has 0 saturated carbocycles. The van der Waals surface area contributed by atoms with Crippen molar-refractivity contribution < 1.29 is 19.4 Å². The number of ether oxygens (including phenoxy) is 1. The quantitative estimate of drug-likeness (QED) is 0.462. The molecule has 31 heavy (non-hydrogen) atoms. The normalized spacial score (nSPS) is 11.7. The third-order valence-corrected chi connectivity index (χ3v) is 5.36. The van der Waals surface area contributed by atoms with Gasteiger partial charge in [-0.15, -0.1) is 0 Å². The van der Waals surface area contributed by atoms with Gasteiger partial charge in [-0.25, -0.2) is 9.59 Å². The first-order chi connectivity index (χ1) is 15.0. The second-order valence-corrected chi connectivity index (χ2v) is 7.72. The molecule has 6 nitrogen and oxygen atoms in total. The zero-order chi connectivity index (χ0) is 22.6.